The number of amides is 1. The number of imidazole rings is 2. The molecular formula is C46H49N8O+. The standard InChI is InChI=1S/C46H48N8O/c1-26(2)28(4)46(55)53-20-8-13-41(53)44-49-35-18-15-32(23-37(35)50-44)39-25-47-36-21-30(14-17-34(36)48-39)31-16-19-40-38(22-31)51-45(52(40)5)42-24-33-12-7-11-29-10-6-9-27(3)54(42)43(29)33/h7,11-12,14-19,21-22,25-26,28,32,41-42H,3,6,8-10,13,20,23-24H2,1-2,4-5H3,(H,49,50)/p+1. The van der Waals surface area contributed by atoms with Crippen molar-refractivity contribution < 1.29 is 9.36 Å². The van der Waals surface area contributed by atoms with E-state index in [-0.39, 0.29) is 29.8 Å². The molecule has 9 nitrogen and oxygen atoms in total. The van der Waals surface area contributed by atoms with E-state index in [2.05, 4.69) is 114 Å². The second-order valence-corrected chi connectivity index (χ2v) is 16.6. The predicted octanol–water partition coefficient (Wildman–Crippen LogP) is 8.59. The maximum atomic E-state index is 13.3. The average Bonchev–Trinajstić information content (AvgIpc) is 3.98. The number of anilines is 1. The zero-order chi connectivity index (χ0) is 37.5. The molecule has 278 valence electrons. The summed E-state index contributed by atoms with van der Waals surface area (Å²) < 4.78 is 2.33. The van der Waals surface area contributed by atoms with Crippen molar-refractivity contribution in [3.05, 3.63) is 119 Å². The van der Waals surface area contributed by atoms with Gasteiger partial charge in [0.1, 0.15) is 11.9 Å². The van der Waals surface area contributed by atoms with Crippen LogP contribution in [0.5, 0.6) is 0 Å². The molecule has 10 rings (SSSR count). The number of H-pyrrole nitrogens is 2. The van der Waals surface area contributed by atoms with Gasteiger partial charge in [-0.2, -0.15) is 0 Å². The van der Waals surface area contributed by atoms with E-state index in [1.807, 2.05) is 18.0 Å². The molecule has 3 aromatic heterocycles. The molecule has 0 spiro atoms. The Kier molecular flexibility index (Phi) is 8.05. The largest absolute Gasteiger partial charge is 0.344 e. The van der Waals surface area contributed by atoms with E-state index in [1.165, 1.54) is 33.9 Å². The van der Waals surface area contributed by atoms with Crippen LogP contribution in [0.3, 0.4) is 0 Å². The quantitative estimate of drug-likeness (QED) is 0.168. The van der Waals surface area contributed by atoms with Crippen molar-refractivity contribution in [3.8, 4) is 11.1 Å². The lowest BCUT2D eigenvalue weighted by atomic mass is 9.93. The molecule has 4 unspecified atom stereocenters. The fourth-order valence-electron chi connectivity index (χ4n) is 9.58. The molecule has 1 fully saturated rings. The van der Waals surface area contributed by atoms with Crippen LogP contribution in [-0.4, -0.2) is 42.3 Å². The molecule has 2 N–H and O–H groups in total. The van der Waals surface area contributed by atoms with Gasteiger partial charge in [-0.05, 0) is 96.7 Å². The first-order valence-electron chi connectivity index (χ1n) is 20.2. The van der Waals surface area contributed by atoms with Gasteiger partial charge in [-0.3, -0.25) is 9.78 Å². The highest BCUT2D eigenvalue weighted by atomic mass is 16.2. The van der Waals surface area contributed by atoms with Crippen LogP contribution in [0.25, 0.3) is 39.3 Å². The van der Waals surface area contributed by atoms with Crippen LogP contribution in [0.4, 0.5) is 5.69 Å². The van der Waals surface area contributed by atoms with Crippen molar-refractivity contribution in [1.82, 2.24) is 29.8 Å². The molecule has 4 atom stereocenters. The van der Waals surface area contributed by atoms with E-state index in [4.69, 9.17) is 15.0 Å². The van der Waals surface area contributed by atoms with Gasteiger partial charge in [-0.15, -0.1) is 0 Å². The number of fused-ring (bicyclic) bond motifs is 3. The van der Waals surface area contributed by atoms with Crippen LogP contribution < -0.4 is 9.47 Å². The number of aromatic nitrogens is 6. The number of carbonyl (C=O) groups excluding carboxylic acids is 1. The van der Waals surface area contributed by atoms with Crippen molar-refractivity contribution in [3.63, 3.8) is 0 Å². The van der Waals surface area contributed by atoms with Crippen LogP contribution in [0.2, 0.25) is 0 Å². The normalized spacial score (nSPS) is 21.1. The lowest BCUT2D eigenvalue weighted by Gasteiger charge is -2.27. The Hall–Kier alpha value is -5.57. The molecule has 1 saturated heterocycles. The number of allylic oxidation sites excluding steroid dienone is 2. The SMILES string of the molecule is C=C1CCCc2cccc3c2N1C(c1[nH]c2cc(-c4ccc5nc(C6C=Cc7nc(C8CCCN8C(=O)C(C)C(C)C)[nH]c7C6)cnc5c4)ccc2[n+]1C)C3. The Bertz CT molecular complexity index is 2560. The third-order valence-electron chi connectivity index (χ3n) is 13.0. The molecule has 0 saturated carbocycles. The van der Waals surface area contributed by atoms with Gasteiger partial charge in [0, 0.05) is 54.5 Å². The van der Waals surface area contributed by atoms with Crippen molar-refractivity contribution in [1.29, 1.82) is 0 Å². The summed E-state index contributed by atoms with van der Waals surface area (Å²) in [7, 11) is 2.18. The summed E-state index contributed by atoms with van der Waals surface area (Å²) in [6.45, 7) is 11.6. The molecule has 9 heteroatoms. The van der Waals surface area contributed by atoms with E-state index in [9.17, 15) is 4.79 Å². The number of aryl methyl sites for hydroxylation is 2. The lowest BCUT2D eigenvalue weighted by Crippen LogP contribution is -2.38. The molecule has 3 aliphatic heterocycles. The van der Waals surface area contributed by atoms with E-state index in [1.54, 1.807) is 0 Å². The molecule has 0 radical (unpaired) electrons. The summed E-state index contributed by atoms with van der Waals surface area (Å²) >= 11 is 0. The molecule has 6 heterocycles. The Morgan fingerprint density at radius 3 is 2.64 bits per heavy atom. The van der Waals surface area contributed by atoms with Crippen molar-refractivity contribution in [2.45, 2.75) is 83.7 Å². The Labute approximate surface area is 322 Å². The summed E-state index contributed by atoms with van der Waals surface area (Å²) in [6, 6.07) is 20.1. The Balaban J connectivity index is 0.884. The van der Waals surface area contributed by atoms with Crippen LogP contribution >= 0.6 is 0 Å². The third-order valence-corrected chi connectivity index (χ3v) is 13.0. The van der Waals surface area contributed by atoms with Gasteiger partial charge >= 0.3 is 0 Å². The zero-order valence-electron chi connectivity index (χ0n) is 32.3. The number of para-hydroxylation sites is 1. The van der Waals surface area contributed by atoms with Gasteiger partial charge in [0.05, 0.1) is 35.5 Å². The third kappa shape index (κ3) is 5.61. The second kappa shape index (κ2) is 13.0. The summed E-state index contributed by atoms with van der Waals surface area (Å²) in [5.41, 5.74) is 14.8. The van der Waals surface area contributed by atoms with Crippen LogP contribution in [-0.2, 0) is 31.1 Å². The van der Waals surface area contributed by atoms with E-state index in [0.717, 1.165) is 102 Å². The first-order chi connectivity index (χ1) is 26.7. The molecule has 1 amide bonds. The van der Waals surface area contributed by atoms with Crippen LogP contribution in [0.1, 0.15) is 104 Å². The number of hydrogen-bond donors (Lipinski definition) is 2. The van der Waals surface area contributed by atoms with E-state index < -0.39 is 0 Å². The van der Waals surface area contributed by atoms with Crippen LogP contribution in [0, 0.1) is 11.8 Å². The summed E-state index contributed by atoms with van der Waals surface area (Å²) in [6.07, 6.45) is 13.2. The number of carbonyl (C=O) groups is 1. The number of nitrogens with zero attached hydrogens (tertiary/aromatic N) is 6. The Morgan fingerprint density at radius 1 is 0.927 bits per heavy atom. The number of benzene rings is 3. The van der Waals surface area contributed by atoms with Crippen molar-refractivity contribution in [2.24, 2.45) is 18.9 Å². The van der Waals surface area contributed by atoms with E-state index in [0.29, 0.717) is 5.92 Å². The topological polar surface area (TPSA) is 97.7 Å². The molecule has 4 aliphatic rings. The highest BCUT2D eigenvalue weighted by Gasteiger charge is 2.41. The van der Waals surface area contributed by atoms with Gasteiger partial charge in [0.2, 0.25) is 5.91 Å². The predicted molar refractivity (Wildman–Crippen MR) is 217 cm³/mol. The minimum Gasteiger partial charge on any atom is -0.344 e. The molecule has 6 aromatic rings. The fourth-order valence-corrected chi connectivity index (χ4v) is 9.58. The van der Waals surface area contributed by atoms with Gasteiger partial charge in [-0.1, -0.05) is 57.7 Å². The summed E-state index contributed by atoms with van der Waals surface area (Å²) in [5.74, 6) is 2.75. The number of hydrogen-bond acceptors (Lipinski definition) is 5. The van der Waals surface area contributed by atoms with Gasteiger partial charge < -0.3 is 14.8 Å². The van der Waals surface area contributed by atoms with Gasteiger partial charge in [0.25, 0.3) is 5.82 Å². The maximum absolute atomic E-state index is 13.3. The Morgan fingerprint density at radius 2 is 1.76 bits per heavy atom. The minimum atomic E-state index is 0.00176. The smallest absolute Gasteiger partial charge is 0.278 e. The first-order valence-corrected chi connectivity index (χ1v) is 20.2. The first kappa shape index (κ1) is 34.0. The summed E-state index contributed by atoms with van der Waals surface area (Å²) in [5, 5.41) is 0. The zero-order valence-corrected chi connectivity index (χ0v) is 32.3. The summed E-state index contributed by atoms with van der Waals surface area (Å²) in [4.78, 5) is 40.3. The molecule has 0 bridgehead atoms. The van der Waals surface area contributed by atoms with E-state index >= 15 is 0 Å². The van der Waals surface area contributed by atoms with Crippen molar-refractivity contribution >= 4 is 39.7 Å². The highest BCUT2D eigenvalue weighted by molar-refractivity contribution is 5.85. The fraction of sp³-hybridized carbons (Fsp3) is 0.370. The van der Waals surface area contributed by atoms with Gasteiger partial charge in [-0.25, -0.2) is 19.5 Å². The van der Waals surface area contributed by atoms with Crippen molar-refractivity contribution in [2.75, 3.05) is 11.4 Å². The molecule has 3 aromatic carbocycles. The number of aromatic amines is 2. The molecule has 55 heavy (non-hydrogen) atoms. The minimum absolute atomic E-state index is 0.00176. The number of nitrogens with one attached hydrogen (secondary N) is 2. The average molecular weight is 730 g/mol. The number of rotatable bonds is 6. The maximum Gasteiger partial charge on any atom is 0.278 e. The molecule has 1 aliphatic carbocycles. The molecular weight excluding hydrogens is 681 g/mol. The second-order valence-electron chi connectivity index (χ2n) is 16.6. The lowest BCUT2D eigenvalue weighted by molar-refractivity contribution is -0.654. The highest BCUT2D eigenvalue weighted by Crippen LogP contribution is 2.47. The van der Waals surface area contributed by atoms with Gasteiger partial charge in [0.15, 0.2) is 11.0 Å². The van der Waals surface area contributed by atoms with Crippen LogP contribution in [0.15, 0.2) is 79.1 Å². The number of likely N-dealkylation sites (tertiary alicyclic amines) is 1. The monoisotopic (exact) mass is 729 g/mol.